The summed E-state index contributed by atoms with van der Waals surface area (Å²) in [6, 6.07) is 7.61. The fraction of sp³-hybridized carbons (Fsp3) is 0.238. The second-order valence-corrected chi connectivity index (χ2v) is 8.00. The van der Waals surface area contributed by atoms with Gasteiger partial charge in [0, 0.05) is 17.2 Å². The maximum absolute atomic E-state index is 13.0. The Bertz CT molecular complexity index is 1120. The quantitative estimate of drug-likeness (QED) is 0.342. The molecule has 0 bridgehead atoms. The molecule has 2 heterocycles. The number of nitro groups is 1. The van der Waals surface area contributed by atoms with Crippen LogP contribution in [0.5, 0.6) is 5.75 Å². The van der Waals surface area contributed by atoms with Gasteiger partial charge in [0.25, 0.3) is 5.91 Å². The minimum Gasteiger partial charge on any atom is -0.502 e. The van der Waals surface area contributed by atoms with Crippen LogP contribution in [0.1, 0.15) is 45.0 Å². The number of carbonyl (C=O) groups excluding carboxylic acids is 1. The number of aliphatic imine (C=N–C) groups is 1. The third-order valence-corrected chi connectivity index (χ3v) is 6.11. The molecule has 0 atom stereocenters. The highest BCUT2D eigenvalue weighted by atomic mass is 32.1. The number of nitrogens with zero attached hydrogens (tertiary/aromatic N) is 2. The SMILES string of the molecule is O=C(NCc1ccco1)c1c(N=Cc2ccc(O)c([N+](=O)[O-])c2)sc2c1CCCC2. The number of nitrogens with one attached hydrogen (secondary N) is 1. The van der Waals surface area contributed by atoms with Crippen LogP contribution in [0.25, 0.3) is 0 Å². The average molecular weight is 425 g/mol. The number of carbonyl (C=O) groups is 1. The number of hydrogen-bond donors (Lipinski definition) is 2. The molecular formula is C21H19N3O5S. The molecule has 8 nitrogen and oxygen atoms in total. The van der Waals surface area contributed by atoms with Crippen LogP contribution in [-0.2, 0) is 19.4 Å². The Hall–Kier alpha value is -3.46. The van der Waals surface area contributed by atoms with Gasteiger partial charge in [-0.25, -0.2) is 4.99 Å². The summed E-state index contributed by atoms with van der Waals surface area (Å²) in [6.45, 7) is 0.282. The standard InChI is InChI=1S/C21H19N3O5S/c25-17-8-7-13(10-16(17)24(27)28)11-23-21-19(15-5-1-2-6-18(15)30-21)20(26)22-12-14-4-3-9-29-14/h3-4,7-11,25H,1-2,5-6,12H2,(H,22,26). The van der Waals surface area contributed by atoms with Crippen molar-refractivity contribution in [1.82, 2.24) is 5.32 Å². The first kappa shape index (κ1) is 19.8. The van der Waals surface area contributed by atoms with Crippen LogP contribution in [0, 0.1) is 10.1 Å². The lowest BCUT2D eigenvalue weighted by Gasteiger charge is -2.12. The van der Waals surface area contributed by atoms with Crippen molar-refractivity contribution in [2.45, 2.75) is 32.2 Å². The van der Waals surface area contributed by atoms with Crippen LogP contribution in [0.2, 0.25) is 0 Å². The highest BCUT2D eigenvalue weighted by molar-refractivity contribution is 7.16. The largest absolute Gasteiger partial charge is 0.502 e. The number of amides is 1. The molecule has 0 saturated carbocycles. The number of thiophene rings is 1. The molecule has 2 aromatic heterocycles. The van der Waals surface area contributed by atoms with Crippen LogP contribution < -0.4 is 5.32 Å². The monoisotopic (exact) mass is 425 g/mol. The van der Waals surface area contributed by atoms with E-state index in [1.807, 2.05) is 0 Å². The number of aryl methyl sites for hydroxylation is 1. The molecule has 4 rings (SSSR count). The summed E-state index contributed by atoms with van der Waals surface area (Å²) in [5.74, 6) is 0.0465. The molecular weight excluding hydrogens is 406 g/mol. The van der Waals surface area contributed by atoms with Gasteiger partial charge in [-0.15, -0.1) is 11.3 Å². The molecule has 9 heteroatoms. The van der Waals surface area contributed by atoms with E-state index in [1.54, 1.807) is 18.4 Å². The van der Waals surface area contributed by atoms with Crippen molar-refractivity contribution in [3.05, 3.63) is 74.0 Å². The molecule has 0 spiro atoms. The van der Waals surface area contributed by atoms with E-state index < -0.39 is 10.7 Å². The Labute approximate surface area is 176 Å². The fourth-order valence-corrected chi connectivity index (χ4v) is 4.68. The van der Waals surface area contributed by atoms with Crippen LogP contribution in [0.15, 0.2) is 46.0 Å². The summed E-state index contributed by atoms with van der Waals surface area (Å²) in [5.41, 5.74) is 1.67. The summed E-state index contributed by atoms with van der Waals surface area (Å²) in [7, 11) is 0. The molecule has 1 amide bonds. The lowest BCUT2D eigenvalue weighted by Crippen LogP contribution is -2.23. The zero-order chi connectivity index (χ0) is 21.1. The number of aromatic hydroxyl groups is 1. The van der Waals surface area contributed by atoms with E-state index in [1.165, 1.54) is 35.8 Å². The predicted octanol–water partition coefficient (Wildman–Crippen LogP) is 4.51. The van der Waals surface area contributed by atoms with Gasteiger partial charge < -0.3 is 14.8 Å². The molecule has 1 aliphatic carbocycles. The summed E-state index contributed by atoms with van der Waals surface area (Å²) in [6.07, 6.45) is 6.88. The van der Waals surface area contributed by atoms with Gasteiger partial charge in [0.1, 0.15) is 10.8 Å². The van der Waals surface area contributed by atoms with Crippen molar-refractivity contribution in [2.75, 3.05) is 0 Å². The van der Waals surface area contributed by atoms with Crippen molar-refractivity contribution in [2.24, 2.45) is 4.99 Å². The zero-order valence-electron chi connectivity index (χ0n) is 16.0. The first-order valence-corrected chi connectivity index (χ1v) is 10.3. The second-order valence-electron chi connectivity index (χ2n) is 6.92. The van der Waals surface area contributed by atoms with E-state index in [0.717, 1.165) is 36.1 Å². The number of nitro benzene ring substituents is 1. The second kappa shape index (κ2) is 8.50. The van der Waals surface area contributed by atoms with Crippen molar-refractivity contribution in [1.29, 1.82) is 0 Å². The van der Waals surface area contributed by atoms with E-state index in [4.69, 9.17) is 4.42 Å². The molecule has 3 aromatic rings. The van der Waals surface area contributed by atoms with Crippen LogP contribution >= 0.6 is 11.3 Å². The maximum Gasteiger partial charge on any atom is 0.311 e. The number of rotatable bonds is 6. The maximum atomic E-state index is 13.0. The minimum atomic E-state index is -0.649. The number of fused-ring (bicyclic) bond motifs is 1. The summed E-state index contributed by atoms with van der Waals surface area (Å²) >= 11 is 1.48. The molecule has 1 aromatic carbocycles. The van der Waals surface area contributed by atoms with Gasteiger partial charge in [-0.3, -0.25) is 14.9 Å². The number of benzene rings is 1. The van der Waals surface area contributed by atoms with Gasteiger partial charge in [-0.2, -0.15) is 0 Å². The van der Waals surface area contributed by atoms with Crippen molar-refractivity contribution >= 4 is 34.1 Å². The minimum absolute atomic E-state index is 0.213. The average Bonchev–Trinajstić information content (AvgIpc) is 3.38. The smallest absolute Gasteiger partial charge is 0.311 e. The molecule has 2 N–H and O–H groups in total. The van der Waals surface area contributed by atoms with Crippen LogP contribution in [-0.4, -0.2) is 22.2 Å². The lowest BCUT2D eigenvalue weighted by atomic mass is 9.95. The van der Waals surface area contributed by atoms with Gasteiger partial charge in [-0.1, -0.05) is 0 Å². The van der Waals surface area contributed by atoms with E-state index >= 15 is 0 Å². The van der Waals surface area contributed by atoms with Gasteiger partial charge in [0.2, 0.25) is 0 Å². The lowest BCUT2D eigenvalue weighted by molar-refractivity contribution is -0.385. The van der Waals surface area contributed by atoms with Crippen LogP contribution in [0.3, 0.4) is 0 Å². The molecule has 0 saturated heterocycles. The van der Waals surface area contributed by atoms with Gasteiger partial charge >= 0.3 is 5.69 Å². The number of phenols is 1. The topological polar surface area (TPSA) is 118 Å². The van der Waals surface area contributed by atoms with Gasteiger partial charge in [0.15, 0.2) is 5.75 Å². The molecule has 0 fully saturated rings. The summed E-state index contributed by atoms with van der Waals surface area (Å²) in [4.78, 5) is 29.0. The first-order valence-electron chi connectivity index (χ1n) is 9.49. The Kier molecular flexibility index (Phi) is 5.62. The molecule has 30 heavy (non-hydrogen) atoms. The third-order valence-electron chi connectivity index (χ3n) is 4.91. The summed E-state index contributed by atoms with van der Waals surface area (Å²) < 4.78 is 5.27. The van der Waals surface area contributed by atoms with E-state index in [2.05, 4.69) is 10.3 Å². The molecule has 154 valence electrons. The molecule has 0 radical (unpaired) electrons. The first-order chi connectivity index (χ1) is 14.5. The molecule has 0 unspecified atom stereocenters. The summed E-state index contributed by atoms with van der Waals surface area (Å²) in [5, 5.41) is 24.1. The Morgan fingerprint density at radius 2 is 2.17 bits per heavy atom. The van der Waals surface area contributed by atoms with Gasteiger partial charge in [0.05, 0.1) is 23.3 Å². The number of hydrogen-bond acceptors (Lipinski definition) is 7. The number of phenolic OH excluding ortho intramolecular Hbond substituents is 1. The van der Waals surface area contributed by atoms with Crippen molar-refractivity contribution in [3.8, 4) is 5.75 Å². The van der Waals surface area contributed by atoms with Crippen molar-refractivity contribution < 1.29 is 19.2 Å². The zero-order valence-corrected chi connectivity index (χ0v) is 16.8. The highest BCUT2D eigenvalue weighted by Gasteiger charge is 2.25. The Morgan fingerprint density at radius 1 is 1.33 bits per heavy atom. The Balaban J connectivity index is 1.63. The molecule has 0 aliphatic heterocycles. The van der Waals surface area contributed by atoms with E-state index in [-0.39, 0.29) is 18.1 Å². The fourth-order valence-electron chi connectivity index (χ4n) is 3.45. The van der Waals surface area contributed by atoms with E-state index in [9.17, 15) is 20.0 Å². The normalized spacial score (nSPS) is 13.3. The Morgan fingerprint density at radius 3 is 2.93 bits per heavy atom. The van der Waals surface area contributed by atoms with E-state index in [0.29, 0.717) is 21.9 Å². The highest BCUT2D eigenvalue weighted by Crippen LogP contribution is 2.40. The predicted molar refractivity (Wildman–Crippen MR) is 113 cm³/mol. The number of furan rings is 1. The van der Waals surface area contributed by atoms with Crippen LogP contribution in [0.4, 0.5) is 10.7 Å². The van der Waals surface area contributed by atoms with Gasteiger partial charge in [-0.05, 0) is 61.1 Å². The third kappa shape index (κ3) is 4.11. The van der Waals surface area contributed by atoms with Crippen molar-refractivity contribution in [3.63, 3.8) is 0 Å². The molecule has 1 aliphatic rings.